The van der Waals surface area contributed by atoms with Crippen LogP contribution in [0.1, 0.15) is 21.0 Å². The second-order valence-electron chi connectivity index (χ2n) is 8.20. The van der Waals surface area contributed by atoms with Crippen LogP contribution in [0.2, 0.25) is 0 Å². The standard InChI is InChI=1S/C30H20N2O3/c33-29(27-19-21-11-7-9-17-25(21)31(27)23-13-3-1-4-14-23)35-30(34)28-20-22-12-8-10-18-26(22)32(28)24-15-5-2-6-16-24/h1-20H. The number of ether oxygens (including phenoxy) is 1. The number of carbonyl (C=O) groups is 2. The Morgan fingerprint density at radius 3 is 1.29 bits per heavy atom. The van der Waals surface area contributed by atoms with E-state index < -0.39 is 11.9 Å². The van der Waals surface area contributed by atoms with E-state index in [4.69, 9.17) is 4.74 Å². The second-order valence-corrected chi connectivity index (χ2v) is 8.20. The quantitative estimate of drug-likeness (QED) is 0.223. The Hall–Kier alpha value is -4.90. The largest absolute Gasteiger partial charge is 0.383 e. The van der Waals surface area contributed by atoms with Gasteiger partial charge in [0, 0.05) is 22.1 Å². The van der Waals surface area contributed by atoms with Gasteiger partial charge < -0.3 is 13.9 Å². The molecule has 2 aromatic heterocycles. The molecule has 0 aliphatic carbocycles. The number of nitrogens with zero attached hydrogens (tertiary/aromatic N) is 2. The first-order valence-electron chi connectivity index (χ1n) is 11.3. The predicted molar refractivity (Wildman–Crippen MR) is 136 cm³/mol. The number of esters is 2. The maximum Gasteiger partial charge on any atom is 0.363 e. The number of hydrogen-bond acceptors (Lipinski definition) is 3. The van der Waals surface area contributed by atoms with Crippen LogP contribution in [-0.2, 0) is 4.74 Å². The van der Waals surface area contributed by atoms with E-state index in [0.717, 1.165) is 33.2 Å². The number of aromatic nitrogens is 2. The molecule has 0 atom stereocenters. The van der Waals surface area contributed by atoms with Crippen LogP contribution in [0.3, 0.4) is 0 Å². The number of benzene rings is 4. The highest BCUT2D eigenvalue weighted by Gasteiger charge is 2.24. The van der Waals surface area contributed by atoms with Gasteiger partial charge in [0.05, 0.1) is 11.0 Å². The van der Waals surface area contributed by atoms with Gasteiger partial charge in [0.25, 0.3) is 0 Å². The van der Waals surface area contributed by atoms with E-state index in [1.165, 1.54) is 0 Å². The maximum absolute atomic E-state index is 13.4. The van der Waals surface area contributed by atoms with Gasteiger partial charge in [-0.2, -0.15) is 0 Å². The van der Waals surface area contributed by atoms with Crippen LogP contribution in [0.4, 0.5) is 0 Å². The molecule has 0 aliphatic rings. The SMILES string of the molecule is O=C(OC(=O)c1cc2ccccc2n1-c1ccccc1)c1cc2ccccc2n1-c1ccccc1. The lowest BCUT2D eigenvalue weighted by atomic mass is 10.2. The van der Waals surface area contributed by atoms with E-state index in [2.05, 4.69) is 0 Å². The van der Waals surface area contributed by atoms with E-state index in [0.29, 0.717) is 0 Å². The zero-order valence-corrected chi connectivity index (χ0v) is 18.7. The van der Waals surface area contributed by atoms with Crippen LogP contribution < -0.4 is 0 Å². The maximum atomic E-state index is 13.4. The van der Waals surface area contributed by atoms with Crippen LogP contribution in [0.5, 0.6) is 0 Å². The van der Waals surface area contributed by atoms with Gasteiger partial charge in [0.15, 0.2) is 0 Å². The summed E-state index contributed by atoms with van der Waals surface area (Å²) in [7, 11) is 0. The van der Waals surface area contributed by atoms with Crippen LogP contribution in [-0.4, -0.2) is 21.1 Å². The van der Waals surface area contributed by atoms with E-state index in [-0.39, 0.29) is 11.4 Å². The number of para-hydroxylation sites is 4. The molecular formula is C30H20N2O3. The van der Waals surface area contributed by atoms with Gasteiger partial charge in [-0.3, -0.25) is 0 Å². The first-order valence-corrected chi connectivity index (χ1v) is 11.3. The molecule has 0 aliphatic heterocycles. The van der Waals surface area contributed by atoms with Gasteiger partial charge in [-0.1, -0.05) is 72.8 Å². The summed E-state index contributed by atoms with van der Waals surface area (Å²) in [6.07, 6.45) is 0. The fraction of sp³-hybridized carbons (Fsp3) is 0. The molecule has 35 heavy (non-hydrogen) atoms. The Morgan fingerprint density at radius 2 is 0.857 bits per heavy atom. The van der Waals surface area contributed by atoms with Crippen molar-refractivity contribution in [2.45, 2.75) is 0 Å². The Kier molecular flexibility index (Phi) is 5.00. The van der Waals surface area contributed by atoms with Crippen molar-refractivity contribution in [1.82, 2.24) is 9.13 Å². The summed E-state index contributed by atoms with van der Waals surface area (Å²) < 4.78 is 9.12. The molecule has 6 aromatic rings. The summed E-state index contributed by atoms with van der Waals surface area (Å²) in [6.45, 7) is 0. The Bertz CT molecular complexity index is 1570. The van der Waals surface area contributed by atoms with E-state index in [9.17, 15) is 9.59 Å². The molecule has 6 rings (SSSR count). The van der Waals surface area contributed by atoms with Crippen molar-refractivity contribution in [2.75, 3.05) is 0 Å². The summed E-state index contributed by atoms with van der Waals surface area (Å²) >= 11 is 0. The summed E-state index contributed by atoms with van der Waals surface area (Å²) in [5.41, 5.74) is 3.91. The lowest BCUT2D eigenvalue weighted by Gasteiger charge is -2.12. The Labute approximate surface area is 201 Å². The van der Waals surface area contributed by atoms with Crippen LogP contribution in [0, 0.1) is 0 Å². The molecule has 5 heteroatoms. The minimum absolute atomic E-state index is 0.285. The van der Waals surface area contributed by atoms with Crippen LogP contribution in [0.25, 0.3) is 33.2 Å². The average Bonchev–Trinajstić information content (AvgIpc) is 3.49. The van der Waals surface area contributed by atoms with Crippen molar-refractivity contribution in [3.8, 4) is 11.4 Å². The monoisotopic (exact) mass is 456 g/mol. The highest BCUT2D eigenvalue weighted by Crippen LogP contribution is 2.27. The van der Waals surface area contributed by atoms with Gasteiger partial charge in [0.1, 0.15) is 11.4 Å². The third kappa shape index (κ3) is 3.60. The van der Waals surface area contributed by atoms with Gasteiger partial charge in [-0.05, 0) is 48.5 Å². The summed E-state index contributed by atoms with van der Waals surface area (Å²) in [5.74, 6) is -1.42. The first-order chi connectivity index (χ1) is 17.2. The molecule has 0 saturated carbocycles. The number of hydrogen-bond donors (Lipinski definition) is 0. The molecule has 5 nitrogen and oxygen atoms in total. The Morgan fingerprint density at radius 1 is 0.486 bits per heavy atom. The molecule has 0 radical (unpaired) electrons. The van der Waals surface area contributed by atoms with Crippen LogP contribution in [0.15, 0.2) is 121 Å². The minimum atomic E-state index is -0.708. The topological polar surface area (TPSA) is 53.2 Å². The number of rotatable bonds is 4. The normalized spacial score (nSPS) is 11.1. The average molecular weight is 457 g/mol. The fourth-order valence-electron chi connectivity index (χ4n) is 4.51. The molecule has 0 amide bonds. The Balaban J connectivity index is 1.43. The van der Waals surface area contributed by atoms with E-state index in [1.54, 1.807) is 12.1 Å². The van der Waals surface area contributed by atoms with Crippen molar-refractivity contribution in [3.05, 3.63) is 133 Å². The fourth-order valence-corrected chi connectivity index (χ4v) is 4.51. The summed E-state index contributed by atoms with van der Waals surface area (Å²) in [6, 6.07) is 38.0. The molecule has 2 heterocycles. The summed E-state index contributed by atoms with van der Waals surface area (Å²) in [4.78, 5) is 26.8. The smallest absolute Gasteiger partial charge is 0.363 e. The molecule has 0 fully saturated rings. The zero-order valence-electron chi connectivity index (χ0n) is 18.7. The third-order valence-electron chi connectivity index (χ3n) is 6.05. The molecule has 0 N–H and O–H groups in total. The lowest BCUT2D eigenvalue weighted by molar-refractivity contribution is 0.0387. The zero-order chi connectivity index (χ0) is 23.8. The van der Waals surface area contributed by atoms with Crippen molar-refractivity contribution >= 4 is 33.7 Å². The molecule has 168 valence electrons. The van der Waals surface area contributed by atoms with Gasteiger partial charge >= 0.3 is 11.9 Å². The van der Waals surface area contributed by atoms with E-state index in [1.807, 2.05) is 118 Å². The molecule has 0 bridgehead atoms. The van der Waals surface area contributed by atoms with Gasteiger partial charge in [-0.15, -0.1) is 0 Å². The molecular weight excluding hydrogens is 436 g/mol. The first kappa shape index (κ1) is 20.7. The minimum Gasteiger partial charge on any atom is -0.383 e. The summed E-state index contributed by atoms with van der Waals surface area (Å²) in [5, 5.41) is 1.77. The number of fused-ring (bicyclic) bond motifs is 2. The second kappa shape index (κ2) is 8.47. The molecule has 0 unspecified atom stereocenters. The van der Waals surface area contributed by atoms with Gasteiger partial charge in [-0.25, -0.2) is 9.59 Å². The van der Waals surface area contributed by atoms with Gasteiger partial charge in [0.2, 0.25) is 0 Å². The molecule has 0 spiro atoms. The molecule has 0 saturated heterocycles. The van der Waals surface area contributed by atoms with Crippen molar-refractivity contribution < 1.29 is 14.3 Å². The third-order valence-corrected chi connectivity index (χ3v) is 6.05. The lowest BCUT2D eigenvalue weighted by Crippen LogP contribution is -2.18. The number of carbonyl (C=O) groups excluding carboxylic acids is 2. The molecule has 4 aromatic carbocycles. The van der Waals surface area contributed by atoms with Crippen molar-refractivity contribution in [3.63, 3.8) is 0 Å². The predicted octanol–water partition coefficient (Wildman–Crippen LogP) is 6.57. The highest BCUT2D eigenvalue weighted by atomic mass is 16.6. The van der Waals surface area contributed by atoms with Crippen LogP contribution >= 0.6 is 0 Å². The van der Waals surface area contributed by atoms with Crippen molar-refractivity contribution in [2.24, 2.45) is 0 Å². The van der Waals surface area contributed by atoms with E-state index >= 15 is 0 Å². The highest BCUT2D eigenvalue weighted by molar-refractivity contribution is 6.06. The van der Waals surface area contributed by atoms with Crippen molar-refractivity contribution in [1.29, 1.82) is 0 Å².